The lowest BCUT2D eigenvalue weighted by atomic mass is 9.98. The van der Waals surface area contributed by atoms with Crippen LogP contribution in [0.5, 0.6) is 0 Å². The van der Waals surface area contributed by atoms with Crippen LogP contribution < -0.4 is 0 Å². The molecule has 1 heterocycles. The molecule has 1 saturated heterocycles. The second-order valence-corrected chi connectivity index (χ2v) is 3.48. The van der Waals surface area contributed by atoms with Crippen molar-refractivity contribution >= 4 is 0 Å². The van der Waals surface area contributed by atoms with E-state index in [1.165, 1.54) is 12.8 Å². The van der Waals surface area contributed by atoms with Gasteiger partial charge in [0.2, 0.25) is 0 Å². The van der Waals surface area contributed by atoms with E-state index >= 15 is 0 Å². The number of rotatable bonds is 3. The Balaban J connectivity index is 2.23. The Hall–Kier alpha value is -0.0800. The first-order chi connectivity index (χ1) is 5.24. The molecule has 3 atom stereocenters. The lowest BCUT2D eigenvalue weighted by Gasteiger charge is -2.10. The third-order valence-electron chi connectivity index (χ3n) is 2.34. The SMILES string of the molecule is CCCCC1CC(C)OC1O. The van der Waals surface area contributed by atoms with Crippen molar-refractivity contribution in [1.29, 1.82) is 0 Å². The summed E-state index contributed by atoms with van der Waals surface area (Å²) in [7, 11) is 0. The van der Waals surface area contributed by atoms with Gasteiger partial charge < -0.3 is 9.84 Å². The molecule has 0 aromatic heterocycles. The highest BCUT2D eigenvalue weighted by atomic mass is 16.6. The van der Waals surface area contributed by atoms with E-state index in [9.17, 15) is 5.11 Å². The standard InChI is InChI=1S/C9H18O2/c1-3-4-5-8-6-7(2)11-9(8)10/h7-10H,3-6H2,1-2H3. The smallest absolute Gasteiger partial charge is 0.157 e. The highest BCUT2D eigenvalue weighted by Gasteiger charge is 2.30. The maximum atomic E-state index is 9.36. The van der Waals surface area contributed by atoms with Gasteiger partial charge in [0.15, 0.2) is 6.29 Å². The molecular formula is C9H18O2. The summed E-state index contributed by atoms with van der Waals surface area (Å²) in [6, 6.07) is 0. The predicted molar refractivity (Wildman–Crippen MR) is 44.2 cm³/mol. The van der Waals surface area contributed by atoms with Gasteiger partial charge in [-0.2, -0.15) is 0 Å². The van der Waals surface area contributed by atoms with Crippen molar-refractivity contribution in [3.05, 3.63) is 0 Å². The second-order valence-electron chi connectivity index (χ2n) is 3.48. The number of hydrogen-bond acceptors (Lipinski definition) is 2. The van der Waals surface area contributed by atoms with Crippen LogP contribution in [0.1, 0.15) is 39.5 Å². The van der Waals surface area contributed by atoms with Crippen LogP contribution in [0.3, 0.4) is 0 Å². The van der Waals surface area contributed by atoms with E-state index < -0.39 is 6.29 Å². The van der Waals surface area contributed by atoms with Crippen molar-refractivity contribution in [3.63, 3.8) is 0 Å². The van der Waals surface area contributed by atoms with Gasteiger partial charge in [0.25, 0.3) is 0 Å². The molecule has 1 aliphatic rings. The second kappa shape index (κ2) is 4.07. The van der Waals surface area contributed by atoms with Crippen LogP contribution in [0.4, 0.5) is 0 Å². The highest BCUT2D eigenvalue weighted by molar-refractivity contribution is 4.73. The zero-order valence-corrected chi connectivity index (χ0v) is 7.42. The Kier molecular flexibility index (Phi) is 3.34. The molecule has 66 valence electrons. The Bertz CT molecular complexity index is 114. The zero-order chi connectivity index (χ0) is 8.27. The van der Waals surface area contributed by atoms with Gasteiger partial charge in [-0.05, 0) is 19.8 Å². The number of hydrogen-bond donors (Lipinski definition) is 1. The minimum absolute atomic E-state index is 0.256. The van der Waals surface area contributed by atoms with Crippen LogP contribution in [0.2, 0.25) is 0 Å². The predicted octanol–water partition coefficient (Wildman–Crippen LogP) is 1.92. The number of aliphatic hydroxyl groups excluding tert-OH is 1. The van der Waals surface area contributed by atoms with Crippen molar-refractivity contribution in [2.75, 3.05) is 0 Å². The molecule has 0 aromatic carbocycles. The summed E-state index contributed by atoms with van der Waals surface area (Å²) in [6.45, 7) is 4.20. The van der Waals surface area contributed by atoms with E-state index in [2.05, 4.69) is 6.92 Å². The Morgan fingerprint density at radius 3 is 2.73 bits per heavy atom. The maximum absolute atomic E-state index is 9.36. The molecule has 0 spiro atoms. The maximum Gasteiger partial charge on any atom is 0.157 e. The largest absolute Gasteiger partial charge is 0.368 e. The van der Waals surface area contributed by atoms with E-state index in [4.69, 9.17) is 4.74 Å². The summed E-state index contributed by atoms with van der Waals surface area (Å²) >= 11 is 0. The van der Waals surface area contributed by atoms with E-state index in [0.717, 1.165) is 12.8 Å². The molecule has 0 radical (unpaired) electrons. The van der Waals surface area contributed by atoms with E-state index in [0.29, 0.717) is 5.92 Å². The average molecular weight is 158 g/mol. The van der Waals surface area contributed by atoms with E-state index in [1.807, 2.05) is 6.92 Å². The number of ether oxygens (including phenoxy) is 1. The van der Waals surface area contributed by atoms with Gasteiger partial charge in [-0.25, -0.2) is 0 Å². The first-order valence-electron chi connectivity index (χ1n) is 4.57. The van der Waals surface area contributed by atoms with Crippen molar-refractivity contribution in [1.82, 2.24) is 0 Å². The molecule has 1 rings (SSSR count). The van der Waals surface area contributed by atoms with Crippen LogP contribution in [0, 0.1) is 5.92 Å². The number of unbranched alkanes of at least 4 members (excludes halogenated alkanes) is 1. The van der Waals surface area contributed by atoms with Gasteiger partial charge >= 0.3 is 0 Å². The molecule has 0 bridgehead atoms. The summed E-state index contributed by atoms with van der Waals surface area (Å²) in [5, 5.41) is 9.36. The molecule has 0 saturated carbocycles. The van der Waals surface area contributed by atoms with Crippen LogP contribution in [0.25, 0.3) is 0 Å². The van der Waals surface area contributed by atoms with Crippen LogP contribution in [-0.4, -0.2) is 17.5 Å². The Morgan fingerprint density at radius 1 is 1.55 bits per heavy atom. The fourth-order valence-electron chi connectivity index (χ4n) is 1.67. The minimum atomic E-state index is -0.489. The molecule has 2 heteroatoms. The molecule has 11 heavy (non-hydrogen) atoms. The lowest BCUT2D eigenvalue weighted by molar-refractivity contribution is -0.104. The van der Waals surface area contributed by atoms with Gasteiger partial charge in [0.1, 0.15) is 0 Å². The zero-order valence-electron chi connectivity index (χ0n) is 7.42. The average Bonchev–Trinajstić information content (AvgIpc) is 2.26. The molecular weight excluding hydrogens is 140 g/mol. The number of aliphatic hydroxyl groups is 1. The van der Waals surface area contributed by atoms with Gasteiger partial charge in [-0.1, -0.05) is 19.8 Å². The van der Waals surface area contributed by atoms with Crippen LogP contribution in [0.15, 0.2) is 0 Å². The fraction of sp³-hybridized carbons (Fsp3) is 1.00. The Morgan fingerprint density at radius 2 is 2.27 bits per heavy atom. The molecule has 1 N–H and O–H groups in total. The molecule has 0 amide bonds. The highest BCUT2D eigenvalue weighted by Crippen LogP contribution is 2.28. The molecule has 1 fully saturated rings. The first kappa shape index (κ1) is 9.01. The van der Waals surface area contributed by atoms with Crippen molar-refractivity contribution in [2.45, 2.75) is 51.9 Å². The molecule has 0 aliphatic carbocycles. The summed E-state index contributed by atoms with van der Waals surface area (Å²) in [5.74, 6) is 0.393. The van der Waals surface area contributed by atoms with E-state index in [1.54, 1.807) is 0 Å². The summed E-state index contributed by atoms with van der Waals surface area (Å²) in [4.78, 5) is 0. The monoisotopic (exact) mass is 158 g/mol. The summed E-state index contributed by atoms with van der Waals surface area (Å²) < 4.78 is 5.23. The van der Waals surface area contributed by atoms with Crippen molar-refractivity contribution in [3.8, 4) is 0 Å². The minimum Gasteiger partial charge on any atom is -0.368 e. The third-order valence-corrected chi connectivity index (χ3v) is 2.34. The summed E-state index contributed by atoms with van der Waals surface area (Å²) in [6.07, 6.45) is 4.32. The van der Waals surface area contributed by atoms with Crippen molar-refractivity contribution < 1.29 is 9.84 Å². The van der Waals surface area contributed by atoms with Gasteiger partial charge in [0.05, 0.1) is 6.10 Å². The Labute approximate surface area is 68.6 Å². The quantitative estimate of drug-likeness (QED) is 0.680. The van der Waals surface area contributed by atoms with Crippen LogP contribution >= 0.6 is 0 Å². The molecule has 0 aromatic rings. The van der Waals surface area contributed by atoms with E-state index in [-0.39, 0.29) is 6.10 Å². The topological polar surface area (TPSA) is 29.5 Å². The molecule has 3 unspecified atom stereocenters. The molecule has 2 nitrogen and oxygen atoms in total. The van der Waals surface area contributed by atoms with Crippen molar-refractivity contribution in [2.24, 2.45) is 5.92 Å². The van der Waals surface area contributed by atoms with Gasteiger partial charge in [-0.3, -0.25) is 0 Å². The fourth-order valence-corrected chi connectivity index (χ4v) is 1.67. The summed E-state index contributed by atoms with van der Waals surface area (Å²) in [5.41, 5.74) is 0. The van der Waals surface area contributed by atoms with Gasteiger partial charge in [0, 0.05) is 5.92 Å². The normalized spacial score (nSPS) is 37.9. The first-order valence-corrected chi connectivity index (χ1v) is 4.57. The molecule has 1 aliphatic heterocycles. The van der Waals surface area contributed by atoms with Gasteiger partial charge in [-0.15, -0.1) is 0 Å². The van der Waals surface area contributed by atoms with Crippen LogP contribution in [-0.2, 0) is 4.74 Å². The lowest BCUT2D eigenvalue weighted by Crippen LogP contribution is -2.14. The third kappa shape index (κ3) is 2.46.